The number of hydrogen-bond donors (Lipinski definition) is 0. The summed E-state index contributed by atoms with van der Waals surface area (Å²) in [6.07, 6.45) is 3.47. The lowest BCUT2D eigenvalue weighted by Gasteiger charge is -2.08. The summed E-state index contributed by atoms with van der Waals surface area (Å²) in [5, 5.41) is 0.399. The molecule has 0 saturated heterocycles. The van der Waals surface area contributed by atoms with Crippen molar-refractivity contribution >= 4 is 11.6 Å². The fraction of sp³-hybridized carbons (Fsp3) is 0.538. The van der Waals surface area contributed by atoms with Crippen LogP contribution in [0.2, 0.25) is 0 Å². The Morgan fingerprint density at radius 2 is 2.00 bits per heavy atom. The smallest absolute Gasteiger partial charge is 0.118 e. The third-order valence-corrected chi connectivity index (χ3v) is 4.07. The third kappa shape index (κ3) is 2.46. The molecule has 0 spiro atoms. The van der Waals surface area contributed by atoms with Gasteiger partial charge in [-0.3, -0.25) is 0 Å². The summed E-state index contributed by atoms with van der Waals surface area (Å²) in [6.45, 7) is 2.27. The molecule has 0 aromatic heterocycles. The number of ether oxygens (including phenoxy) is 1. The highest BCUT2D eigenvalue weighted by Gasteiger charge is 2.47. The predicted molar refractivity (Wildman–Crippen MR) is 63.7 cm³/mol. The first-order chi connectivity index (χ1) is 7.14. The van der Waals surface area contributed by atoms with Crippen molar-refractivity contribution in [3.8, 4) is 5.75 Å². The van der Waals surface area contributed by atoms with Crippen LogP contribution in [0, 0.1) is 5.41 Å². The Balaban J connectivity index is 1.88. The van der Waals surface area contributed by atoms with Gasteiger partial charge < -0.3 is 4.74 Å². The topological polar surface area (TPSA) is 9.23 Å². The molecule has 0 bridgehead atoms. The van der Waals surface area contributed by atoms with Crippen molar-refractivity contribution in [2.24, 2.45) is 5.41 Å². The maximum absolute atomic E-state index is 6.09. The molecular formula is C13H17ClO. The number of halogens is 1. The SMILES string of the molecule is COc1ccc(CC[C@]2(C)C[C@@H]2Cl)cc1. The molecule has 0 heterocycles. The zero-order chi connectivity index (χ0) is 10.9. The van der Waals surface area contributed by atoms with Gasteiger partial charge in [-0.1, -0.05) is 19.1 Å². The van der Waals surface area contributed by atoms with Crippen LogP contribution in [0.25, 0.3) is 0 Å². The monoisotopic (exact) mass is 224 g/mol. The van der Waals surface area contributed by atoms with Crippen molar-refractivity contribution in [1.82, 2.24) is 0 Å². The minimum atomic E-state index is 0.390. The van der Waals surface area contributed by atoms with Crippen LogP contribution in [-0.4, -0.2) is 12.5 Å². The van der Waals surface area contributed by atoms with Gasteiger partial charge in [0.05, 0.1) is 7.11 Å². The summed E-state index contributed by atoms with van der Waals surface area (Å²) >= 11 is 6.09. The number of methoxy groups -OCH3 is 1. The van der Waals surface area contributed by atoms with Crippen molar-refractivity contribution < 1.29 is 4.74 Å². The Hall–Kier alpha value is -0.690. The Kier molecular flexibility index (Phi) is 2.92. The van der Waals surface area contributed by atoms with Gasteiger partial charge in [-0.15, -0.1) is 11.6 Å². The van der Waals surface area contributed by atoms with Gasteiger partial charge in [-0.2, -0.15) is 0 Å². The number of benzene rings is 1. The van der Waals surface area contributed by atoms with Crippen molar-refractivity contribution in [2.75, 3.05) is 7.11 Å². The molecule has 1 aliphatic carbocycles. The average Bonchev–Trinajstić information content (AvgIpc) is 2.85. The second-order valence-electron chi connectivity index (χ2n) is 4.67. The van der Waals surface area contributed by atoms with E-state index in [0.29, 0.717) is 10.8 Å². The third-order valence-electron chi connectivity index (χ3n) is 3.39. The molecule has 2 rings (SSSR count). The Bertz CT molecular complexity index is 333. The van der Waals surface area contributed by atoms with Gasteiger partial charge in [0.1, 0.15) is 5.75 Å². The van der Waals surface area contributed by atoms with Gasteiger partial charge >= 0.3 is 0 Å². The van der Waals surface area contributed by atoms with E-state index in [4.69, 9.17) is 16.3 Å². The zero-order valence-electron chi connectivity index (χ0n) is 9.29. The van der Waals surface area contributed by atoms with E-state index in [9.17, 15) is 0 Å². The van der Waals surface area contributed by atoms with Crippen molar-refractivity contribution in [3.63, 3.8) is 0 Å². The fourth-order valence-corrected chi connectivity index (χ4v) is 2.29. The first kappa shape index (κ1) is 10.8. The minimum absolute atomic E-state index is 0.390. The molecule has 1 aromatic carbocycles. The van der Waals surface area contributed by atoms with Crippen LogP contribution < -0.4 is 4.74 Å². The Labute approximate surface area is 96.4 Å². The molecular weight excluding hydrogens is 208 g/mol. The summed E-state index contributed by atoms with van der Waals surface area (Å²) in [6, 6.07) is 8.30. The zero-order valence-corrected chi connectivity index (χ0v) is 10.1. The highest BCUT2D eigenvalue weighted by molar-refractivity contribution is 6.23. The number of rotatable bonds is 4. The Morgan fingerprint density at radius 1 is 1.40 bits per heavy atom. The van der Waals surface area contributed by atoms with Crippen LogP contribution in [0.5, 0.6) is 5.75 Å². The lowest BCUT2D eigenvalue weighted by Crippen LogP contribution is -2.00. The van der Waals surface area contributed by atoms with Crippen LogP contribution >= 0.6 is 11.6 Å². The van der Waals surface area contributed by atoms with Crippen molar-refractivity contribution in [3.05, 3.63) is 29.8 Å². The summed E-state index contributed by atoms with van der Waals surface area (Å²) in [7, 11) is 1.69. The van der Waals surface area contributed by atoms with Crippen LogP contribution in [0.4, 0.5) is 0 Å². The molecule has 0 amide bonds. The summed E-state index contributed by atoms with van der Waals surface area (Å²) in [5.41, 5.74) is 1.76. The average molecular weight is 225 g/mol. The van der Waals surface area contributed by atoms with Crippen LogP contribution in [0.15, 0.2) is 24.3 Å². The highest BCUT2D eigenvalue weighted by atomic mass is 35.5. The normalized spacial score (nSPS) is 28.9. The van der Waals surface area contributed by atoms with E-state index in [0.717, 1.165) is 12.2 Å². The number of aryl methyl sites for hydroxylation is 1. The second kappa shape index (κ2) is 4.05. The van der Waals surface area contributed by atoms with Gasteiger partial charge in [0, 0.05) is 5.38 Å². The summed E-state index contributed by atoms with van der Waals surface area (Å²) < 4.78 is 5.12. The van der Waals surface area contributed by atoms with E-state index in [1.807, 2.05) is 12.1 Å². The largest absolute Gasteiger partial charge is 0.497 e. The maximum atomic E-state index is 6.09. The predicted octanol–water partition coefficient (Wildman–Crippen LogP) is 3.65. The summed E-state index contributed by atoms with van der Waals surface area (Å²) in [4.78, 5) is 0. The molecule has 1 aliphatic rings. The van der Waals surface area contributed by atoms with Crippen LogP contribution in [-0.2, 0) is 6.42 Å². The van der Waals surface area contributed by atoms with E-state index < -0.39 is 0 Å². The Morgan fingerprint density at radius 3 is 2.47 bits per heavy atom. The van der Waals surface area contributed by atoms with E-state index in [1.54, 1.807) is 7.11 Å². The molecule has 82 valence electrons. The quantitative estimate of drug-likeness (QED) is 0.710. The molecule has 2 heteroatoms. The van der Waals surface area contributed by atoms with E-state index in [1.165, 1.54) is 18.4 Å². The van der Waals surface area contributed by atoms with Gasteiger partial charge in [0.25, 0.3) is 0 Å². The van der Waals surface area contributed by atoms with Gasteiger partial charge in [0.2, 0.25) is 0 Å². The highest BCUT2D eigenvalue weighted by Crippen LogP contribution is 2.53. The van der Waals surface area contributed by atoms with Crippen molar-refractivity contribution in [2.45, 2.75) is 31.6 Å². The van der Waals surface area contributed by atoms with Gasteiger partial charge in [0.15, 0.2) is 0 Å². The molecule has 1 fully saturated rings. The van der Waals surface area contributed by atoms with Crippen LogP contribution in [0.3, 0.4) is 0 Å². The lowest BCUT2D eigenvalue weighted by atomic mass is 9.99. The molecule has 0 unspecified atom stereocenters. The fourth-order valence-electron chi connectivity index (χ4n) is 1.83. The lowest BCUT2D eigenvalue weighted by molar-refractivity contribution is 0.414. The molecule has 1 saturated carbocycles. The van der Waals surface area contributed by atoms with Gasteiger partial charge in [-0.25, -0.2) is 0 Å². The molecule has 0 N–H and O–H groups in total. The molecule has 1 aromatic rings. The van der Waals surface area contributed by atoms with Gasteiger partial charge in [-0.05, 0) is 42.4 Å². The first-order valence-corrected chi connectivity index (χ1v) is 5.85. The van der Waals surface area contributed by atoms with E-state index in [-0.39, 0.29) is 0 Å². The first-order valence-electron chi connectivity index (χ1n) is 5.41. The summed E-state index contributed by atoms with van der Waals surface area (Å²) in [5.74, 6) is 0.923. The van der Waals surface area contributed by atoms with Crippen molar-refractivity contribution in [1.29, 1.82) is 0 Å². The number of hydrogen-bond acceptors (Lipinski definition) is 1. The number of alkyl halides is 1. The maximum Gasteiger partial charge on any atom is 0.118 e. The standard InChI is InChI=1S/C13H17ClO/c1-13(9-12(13)14)8-7-10-3-5-11(15-2)6-4-10/h3-6,12H,7-9H2,1-2H3/t12-,13+/m0/s1. The minimum Gasteiger partial charge on any atom is -0.497 e. The van der Waals surface area contributed by atoms with Crippen LogP contribution in [0.1, 0.15) is 25.3 Å². The molecule has 0 radical (unpaired) electrons. The molecule has 1 nitrogen and oxygen atoms in total. The molecule has 15 heavy (non-hydrogen) atoms. The van der Waals surface area contributed by atoms with E-state index in [2.05, 4.69) is 19.1 Å². The van der Waals surface area contributed by atoms with E-state index >= 15 is 0 Å². The molecule has 0 aliphatic heterocycles. The molecule has 2 atom stereocenters. The second-order valence-corrected chi connectivity index (χ2v) is 5.20.